The SMILES string of the molecule is CC1(C)COC(CNC=C(N)N)OC1. The average Bonchev–Trinajstić information content (AvgIpc) is 2.07. The number of hydrogen-bond donors (Lipinski definition) is 3. The van der Waals surface area contributed by atoms with Crippen LogP contribution in [0.2, 0.25) is 0 Å². The van der Waals surface area contributed by atoms with Crippen molar-refractivity contribution in [2.24, 2.45) is 16.9 Å². The first-order chi connectivity index (χ1) is 6.49. The molecule has 1 aliphatic heterocycles. The molecule has 0 spiro atoms. The van der Waals surface area contributed by atoms with Gasteiger partial charge >= 0.3 is 0 Å². The maximum atomic E-state index is 5.48. The van der Waals surface area contributed by atoms with E-state index in [-0.39, 0.29) is 17.5 Å². The van der Waals surface area contributed by atoms with Gasteiger partial charge in [-0.1, -0.05) is 13.8 Å². The Hall–Kier alpha value is -0.940. The van der Waals surface area contributed by atoms with Crippen LogP contribution in [0.3, 0.4) is 0 Å². The van der Waals surface area contributed by atoms with Crippen LogP contribution in [0.4, 0.5) is 0 Å². The summed E-state index contributed by atoms with van der Waals surface area (Å²) in [5.41, 5.74) is 10.6. The molecule has 0 radical (unpaired) electrons. The van der Waals surface area contributed by atoms with Crippen LogP contribution in [0.1, 0.15) is 13.8 Å². The molecule has 82 valence electrons. The summed E-state index contributed by atoms with van der Waals surface area (Å²) in [6.45, 7) is 6.19. The second kappa shape index (κ2) is 4.52. The van der Waals surface area contributed by atoms with Crippen molar-refractivity contribution >= 4 is 0 Å². The van der Waals surface area contributed by atoms with E-state index in [4.69, 9.17) is 20.9 Å². The summed E-state index contributed by atoms with van der Waals surface area (Å²) >= 11 is 0. The first-order valence-electron chi connectivity index (χ1n) is 4.67. The number of rotatable bonds is 3. The normalized spacial score (nSPS) is 21.6. The third-order valence-electron chi connectivity index (χ3n) is 1.87. The van der Waals surface area contributed by atoms with Gasteiger partial charge < -0.3 is 26.3 Å². The fourth-order valence-electron chi connectivity index (χ4n) is 1.12. The summed E-state index contributed by atoms with van der Waals surface area (Å²) in [5, 5.41) is 2.92. The third kappa shape index (κ3) is 3.85. The smallest absolute Gasteiger partial charge is 0.174 e. The first kappa shape index (κ1) is 11.1. The number of ether oxygens (including phenoxy) is 2. The molecule has 0 aromatic heterocycles. The van der Waals surface area contributed by atoms with E-state index in [1.54, 1.807) is 0 Å². The van der Waals surface area contributed by atoms with Crippen molar-refractivity contribution in [1.82, 2.24) is 5.32 Å². The van der Waals surface area contributed by atoms with Crippen LogP contribution >= 0.6 is 0 Å². The quantitative estimate of drug-likeness (QED) is 0.583. The average molecular weight is 201 g/mol. The van der Waals surface area contributed by atoms with Gasteiger partial charge in [0.25, 0.3) is 0 Å². The Labute approximate surface area is 84.4 Å². The predicted molar refractivity (Wildman–Crippen MR) is 53.9 cm³/mol. The van der Waals surface area contributed by atoms with Gasteiger partial charge in [0.1, 0.15) is 5.82 Å². The molecule has 5 N–H and O–H groups in total. The van der Waals surface area contributed by atoms with E-state index >= 15 is 0 Å². The fourth-order valence-corrected chi connectivity index (χ4v) is 1.12. The second-order valence-electron chi connectivity index (χ2n) is 4.27. The van der Waals surface area contributed by atoms with Crippen LogP contribution in [-0.4, -0.2) is 26.0 Å². The maximum absolute atomic E-state index is 5.48. The number of nitrogens with two attached hydrogens (primary N) is 2. The molecule has 1 aliphatic rings. The van der Waals surface area contributed by atoms with Crippen LogP contribution in [-0.2, 0) is 9.47 Å². The largest absolute Gasteiger partial charge is 0.385 e. The van der Waals surface area contributed by atoms with Crippen LogP contribution in [0.5, 0.6) is 0 Å². The molecule has 0 saturated carbocycles. The summed E-state index contributed by atoms with van der Waals surface area (Å²) in [4.78, 5) is 0. The number of nitrogens with one attached hydrogen (secondary N) is 1. The fraction of sp³-hybridized carbons (Fsp3) is 0.778. The maximum Gasteiger partial charge on any atom is 0.174 e. The van der Waals surface area contributed by atoms with E-state index in [0.717, 1.165) is 0 Å². The van der Waals surface area contributed by atoms with Crippen molar-refractivity contribution in [3.63, 3.8) is 0 Å². The zero-order chi connectivity index (χ0) is 10.6. The molecule has 0 bridgehead atoms. The van der Waals surface area contributed by atoms with Gasteiger partial charge in [-0.15, -0.1) is 0 Å². The molecule has 5 nitrogen and oxygen atoms in total. The zero-order valence-electron chi connectivity index (χ0n) is 8.75. The molecule has 14 heavy (non-hydrogen) atoms. The van der Waals surface area contributed by atoms with E-state index < -0.39 is 0 Å². The molecule has 1 fully saturated rings. The Morgan fingerprint density at radius 2 is 2.00 bits per heavy atom. The molecule has 1 rings (SSSR count). The van der Waals surface area contributed by atoms with Gasteiger partial charge in [0.2, 0.25) is 0 Å². The highest BCUT2D eigenvalue weighted by Gasteiger charge is 2.27. The third-order valence-corrected chi connectivity index (χ3v) is 1.87. The van der Waals surface area contributed by atoms with Gasteiger partial charge in [0, 0.05) is 11.6 Å². The standard InChI is InChI=1S/C9H19N3O2/c1-9(2)5-13-8(14-6-9)4-12-3-7(10)11/h3,8,12H,4-6,10-11H2,1-2H3. The topological polar surface area (TPSA) is 82.5 Å². The van der Waals surface area contributed by atoms with Gasteiger partial charge in [0.15, 0.2) is 6.29 Å². The lowest BCUT2D eigenvalue weighted by molar-refractivity contribution is -0.217. The van der Waals surface area contributed by atoms with Crippen molar-refractivity contribution in [3.05, 3.63) is 12.0 Å². The monoisotopic (exact) mass is 201 g/mol. The van der Waals surface area contributed by atoms with Gasteiger partial charge in [-0.3, -0.25) is 0 Å². The molecular weight excluding hydrogens is 182 g/mol. The Kier molecular flexibility index (Phi) is 3.60. The van der Waals surface area contributed by atoms with Crippen molar-refractivity contribution in [1.29, 1.82) is 0 Å². The second-order valence-corrected chi connectivity index (χ2v) is 4.27. The summed E-state index contributed by atoms with van der Waals surface area (Å²) in [6, 6.07) is 0. The summed E-state index contributed by atoms with van der Waals surface area (Å²) in [7, 11) is 0. The lowest BCUT2D eigenvalue weighted by atomic mass is 9.96. The molecular formula is C9H19N3O2. The van der Waals surface area contributed by atoms with E-state index in [1.165, 1.54) is 6.20 Å². The molecule has 0 unspecified atom stereocenters. The van der Waals surface area contributed by atoms with Crippen molar-refractivity contribution in [3.8, 4) is 0 Å². The van der Waals surface area contributed by atoms with E-state index in [1.807, 2.05) is 0 Å². The Morgan fingerprint density at radius 1 is 1.43 bits per heavy atom. The Balaban J connectivity index is 2.20. The van der Waals surface area contributed by atoms with Gasteiger partial charge in [-0.25, -0.2) is 0 Å². The van der Waals surface area contributed by atoms with Gasteiger partial charge in [0.05, 0.1) is 19.8 Å². The summed E-state index contributed by atoms with van der Waals surface area (Å²) < 4.78 is 11.0. The minimum absolute atomic E-state index is 0.110. The van der Waals surface area contributed by atoms with Crippen molar-refractivity contribution in [2.75, 3.05) is 19.8 Å². The molecule has 0 aromatic rings. The van der Waals surface area contributed by atoms with E-state index in [0.29, 0.717) is 19.8 Å². The molecule has 0 aromatic carbocycles. The van der Waals surface area contributed by atoms with Gasteiger partial charge in [-0.05, 0) is 0 Å². The minimum Gasteiger partial charge on any atom is -0.385 e. The highest BCUT2D eigenvalue weighted by molar-refractivity contribution is 4.87. The predicted octanol–water partition coefficient (Wildman–Crippen LogP) is -0.309. The molecule has 0 atom stereocenters. The molecule has 0 amide bonds. The summed E-state index contributed by atoms with van der Waals surface area (Å²) in [6.07, 6.45) is 1.32. The molecule has 1 saturated heterocycles. The highest BCUT2D eigenvalue weighted by atomic mass is 16.7. The van der Waals surface area contributed by atoms with Crippen LogP contribution in [0, 0.1) is 5.41 Å². The molecule has 5 heteroatoms. The van der Waals surface area contributed by atoms with Crippen LogP contribution in [0.25, 0.3) is 0 Å². The lowest BCUT2D eigenvalue weighted by Crippen LogP contribution is -2.41. The minimum atomic E-state index is -0.210. The Bertz CT molecular complexity index is 202. The van der Waals surface area contributed by atoms with Crippen molar-refractivity contribution < 1.29 is 9.47 Å². The zero-order valence-corrected chi connectivity index (χ0v) is 8.75. The van der Waals surface area contributed by atoms with Gasteiger partial charge in [-0.2, -0.15) is 0 Å². The van der Waals surface area contributed by atoms with E-state index in [2.05, 4.69) is 19.2 Å². The Morgan fingerprint density at radius 3 is 2.50 bits per heavy atom. The summed E-state index contributed by atoms with van der Waals surface area (Å²) in [5.74, 6) is 0.251. The highest BCUT2D eigenvalue weighted by Crippen LogP contribution is 2.22. The first-order valence-corrected chi connectivity index (χ1v) is 4.67. The molecule has 1 heterocycles. The van der Waals surface area contributed by atoms with Crippen LogP contribution < -0.4 is 16.8 Å². The van der Waals surface area contributed by atoms with Crippen LogP contribution in [0.15, 0.2) is 12.0 Å². The van der Waals surface area contributed by atoms with Crippen molar-refractivity contribution in [2.45, 2.75) is 20.1 Å². The number of hydrogen-bond acceptors (Lipinski definition) is 5. The molecule has 0 aliphatic carbocycles. The lowest BCUT2D eigenvalue weighted by Gasteiger charge is -2.34. The van der Waals surface area contributed by atoms with E-state index in [9.17, 15) is 0 Å².